The van der Waals surface area contributed by atoms with Crippen molar-refractivity contribution in [2.24, 2.45) is 0 Å². The summed E-state index contributed by atoms with van der Waals surface area (Å²) >= 11 is 0. The minimum absolute atomic E-state index is 0.166. The van der Waals surface area contributed by atoms with Crippen LogP contribution in [-0.2, 0) is 14.4 Å². The van der Waals surface area contributed by atoms with Gasteiger partial charge in [-0.15, -0.1) is 0 Å². The molecule has 3 amide bonds. The summed E-state index contributed by atoms with van der Waals surface area (Å²) in [5, 5.41) is 5.89. The largest absolute Gasteiger partial charge is 0.350 e. The number of rotatable bonds is 5. The van der Waals surface area contributed by atoms with Crippen LogP contribution in [0.25, 0.3) is 5.57 Å². The molecule has 0 atom stereocenters. The number of imide groups is 1. The van der Waals surface area contributed by atoms with Crippen LogP contribution in [0.5, 0.6) is 0 Å². The summed E-state index contributed by atoms with van der Waals surface area (Å²) < 4.78 is 0. The van der Waals surface area contributed by atoms with Crippen LogP contribution in [0.2, 0.25) is 0 Å². The Morgan fingerprint density at radius 2 is 1.41 bits per heavy atom. The second kappa shape index (κ2) is 8.98. The van der Waals surface area contributed by atoms with Gasteiger partial charge in [0.15, 0.2) is 0 Å². The Hall–Kier alpha value is -4.19. The lowest BCUT2D eigenvalue weighted by Gasteiger charge is -2.18. The molecule has 0 unspecified atom stereocenters. The van der Waals surface area contributed by atoms with E-state index in [9.17, 15) is 14.4 Å². The predicted octanol–water partition coefficient (Wildman–Crippen LogP) is 5.28. The van der Waals surface area contributed by atoms with Gasteiger partial charge in [-0.25, -0.2) is 4.90 Å². The normalized spacial score (nSPS) is 13.5. The van der Waals surface area contributed by atoms with Gasteiger partial charge in [0.05, 0.1) is 11.3 Å². The van der Waals surface area contributed by atoms with Crippen molar-refractivity contribution >= 4 is 40.4 Å². The molecule has 4 rings (SSSR count). The summed E-state index contributed by atoms with van der Waals surface area (Å²) in [6.45, 7) is 9.30. The molecular weight excluding hydrogens is 426 g/mol. The van der Waals surface area contributed by atoms with Gasteiger partial charge >= 0.3 is 0 Å². The molecule has 1 heterocycles. The van der Waals surface area contributed by atoms with E-state index in [0.29, 0.717) is 28.2 Å². The second-order valence-corrected chi connectivity index (χ2v) is 8.67. The van der Waals surface area contributed by atoms with E-state index >= 15 is 0 Å². The summed E-state index contributed by atoms with van der Waals surface area (Å²) in [7, 11) is 0. The lowest BCUT2D eigenvalue weighted by Crippen LogP contribution is -2.33. The fraction of sp³-hybridized carbons (Fsp3) is 0.179. The van der Waals surface area contributed by atoms with Gasteiger partial charge in [-0.05, 0) is 80.3 Å². The number of anilines is 3. The van der Waals surface area contributed by atoms with Crippen molar-refractivity contribution in [1.29, 1.82) is 0 Å². The SMILES string of the molecule is CC(=O)Nc1ccc(NC2=C(c3ccc(C)c(C)c3)C(=O)N(c3ccc(C)cc3C)C2=O)cc1. The second-order valence-electron chi connectivity index (χ2n) is 8.67. The molecule has 0 radical (unpaired) electrons. The van der Waals surface area contributed by atoms with Crippen LogP contribution in [0.15, 0.2) is 66.4 Å². The highest BCUT2D eigenvalue weighted by Gasteiger charge is 2.40. The van der Waals surface area contributed by atoms with E-state index in [1.165, 1.54) is 11.8 Å². The molecule has 1 aliphatic rings. The Balaban J connectivity index is 1.79. The lowest BCUT2D eigenvalue weighted by molar-refractivity contribution is -0.120. The highest BCUT2D eigenvalue weighted by atomic mass is 16.2. The van der Waals surface area contributed by atoms with Gasteiger partial charge in [0.25, 0.3) is 11.8 Å². The summed E-state index contributed by atoms with van der Waals surface area (Å²) in [5.41, 5.74) is 7.14. The molecule has 0 aliphatic carbocycles. The summed E-state index contributed by atoms with van der Waals surface area (Å²) in [6, 6.07) is 18.4. The molecule has 0 bridgehead atoms. The van der Waals surface area contributed by atoms with Gasteiger partial charge in [0.2, 0.25) is 5.91 Å². The van der Waals surface area contributed by atoms with Crippen molar-refractivity contribution < 1.29 is 14.4 Å². The first kappa shape index (κ1) is 23.0. The molecule has 0 saturated carbocycles. The Kier molecular flexibility index (Phi) is 6.07. The molecule has 6 nitrogen and oxygen atoms in total. The van der Waals surface area contributed by atoms with E-state index in [1.807, 2.05) is 64.1 Å². The number of carbonyl (C=O) groups is 3. The number of hydrogen-bond acceptors (Lipinski definition) is 4. The first-order valence-corrected chi connectivity index (χ1v) is 11.1. The zero-order chi connectivity index (χ0) is 24.6. The highest BCUT2D eigenvalue weighted by Crippen LogP contribution is 2.36. The molecule has 0 aromatic heterocycles. The predicted molar refractivity (Wildman–Crippen MR) is 136 cm³/mol. The van der Waals surface area contributed by atoms with E-state index in [4.69, 9.17) is 0 Å². The summed E-state index contributed by atoms with van der Waals surface area (Å²) in [4.78, 5) is 39.9. The van der Waals surface area contributed by atoms with Gasteiger partial charge in [0.1, 0.15) is 5.70 Å². The van der Waals surface area contributed by atoms with E-state index in [-0.39, 0.29) is 17.5 Å². The number of benzene rings is 3. The number of carbonyl (C=O) groups excluding carboxylic acids is 3. The molecule has 3 aromatic rings. The first-order chi connectivity index (χ1) is 16.2. The van der Waals surface area contributed by atoms with Gasteiger partial charge in [-0.2, -0.15) is 0 Å². The molecule has 3 aromatic carbocycles. The van der Waals surface area contributed by atoms with Gasteiger partial charge in [0, 0.05) is 18.3 Å². The summed E-state index contributed by atoms with van der Waals surface area (Å²) in [6.07, 6.45) is 0. The van der Waals surface area contributed by atoms with Crippen molar-refractivity contribution in [1.82, 2.24) is 0 Å². The molecule has 0 fully saturated rings. The minimum Gasteiger partial charge on any atom is -0.350 e. The molecule has 34 heavy (non-hydrogen) atoms. The van der Waals surface area contributed by atoms with Crippen LogP contribution in [0.3, 0.4) is 0 Å². The fourth-order valence-electron chi connectivity index (χ4n) is 4.07. The number of hydrogen-bond donors (Lipinski definition) is 2. The zero-order valence-corrected chi connectivity index (χ0v) is 19.9. The molecule has 0 saturated heterocycles. The van der Waals surface area contributed by atoms with Crippen molar-refractivity contribution in [2.45, 2.75) is 34.6 Å². The fourth-order valence-corrected chi connectivity index (χ4v) is 4.07. The Labute approximate surface area is 199 Å². The third-order valence-electron chi connectivity index (χ3n) is 5.95. The lowest BCUT2D eigenvalue weighted by atomic mass is 9.99. The highest BCUT2D eigenvalue weighted by molar-refractivity contribution is 6.46. The molecule has 6 heteroatoms. The van der Waals surface area contributed by atoms with E-state index in [2.05, 4.69) is 10.6 Å². The van der Waals surface area contributed by atoms with E-state index in [1.54, 1.807) is 24.3 Å². The van der Waals surface area contributed by atoms with Crippen LogP contribution in [0.4, 0.5) is 17.1 Å². The van der Waals surface area contributed by atoms with Crippen molar-refractivity contribution in [3.63, 3.8) is 0 Å². The Morgan fingerprint density at radius 3 is 2.03 bits per heavy atom. The molecule has 0 spiro atoms. The average Bonchev–Trinajstić information content (AvgIpc) is 3.01. The number of nitrogens with one attached hydrogen (secondary N) is 2. The first-order valence-electron chi connectivity index (χ1n) is 11.1. The van der Waals surface area contributed by atoms with Gasteiger partial charge in [-0.3, -0.25) is 14.4 Å². The van der Waals surface area contributed by atoms with Crippen LogP contribution in [0, 0.1) is 27.7 Å². The summed E-state index contributed by atoms with van der Waals surface area (Å²) in [5.74, 6) is -0.935. The maximum absolute atomic E-state index is 13.7. The third kappa shape index (κ3) is 4.35. The van der Waals surface area contributed by atoms with Crippen LogP contribution < -0.4 is 15.5 Å². The van der Waals surface area contributed by atoms with Gasteiger partial charge < -0.3 is 10.6 Å². The van der Waals surface area contributed by atoms with Gasteiger partial charge in [-0.1, -0.05) is 35.9 Å². The van der Waals surface area contributed by atoms with E-state index in [0.717, 1.165) is 22.3 Å². The standard InChI is InChI=1S/C28H27N3O3/c1-16-6-13-24(19(4)14-16)31-27(33)25(21-8-7-17(2)18(3)15-21)26(28(31)34)30-23-11-9-22(10-12-23)29-20(5)32/h6-15,30H,1-5H3,(H,29,32). The molecular formula is C28H27N3O3. The number of amides is 3. The van der Waals surface area contributed by atoms with Crippen molar-refractivity contribution in [3.8, 4) is 0 Å². The number of aryl methyl sites for hydroxylation is 4. The minimum atomic E-state index is -0.406. The smallest absolute Gasteiger partial charge is 0.282 e. The van der Waals surface area contributed by atoms with Crippen LogP contribution >= 0.6 is 0 Å². The third-order valence-corrected chi connectivity index (χ3v) is 5.95. The topological polar surface area (TPSA) is 78.5 Å². The van der Waals surface area contributed by atoms with Crippen molar-refractivity contribution in [2.75, 3.05) is 15.5 Å². The molecule has 2 N–H and O–H groups in total. The zero-order valence-electron chi connectivity index (χ0n) is 19.9. The quantitative estimate of drug-likeness (QED) is 0.516. The van der Waals surface area contributed by atoms with Crippen molar-refractivity contribution in [3.05, 3.63) is 94.2 Å². The van der Waals surface area contributed by atoms with Crippen LogP contribution in [0.1, 0.15) is 34.7 Å². The number of nitrogens with zero attached hydrogens (tertiary/aromatic N) is 1. The maximum Gasteiger partial charge on any atom is 0.282 e. The molecule has 172 valence electrons. The Morgan fingerprint density at radius 1 is 0.735 bits per heavy atom. The Bertz CT molecular complexity index is 1350. The van der Waals surface area contributed by atoms with Crippen LogP contribution in [-0.4, -0.2) is 17.7 Å². The maximum atomic E-state index is 13.7. The van der Waals surface area contributed by atoms with E-state index < -0.39 is 5.91 Å². The molecule has 1 aliphatic heterocycles. The monoisotopic (exact) mass is 453 g/mol. The average molecular weight is 454 g/mol.